The van der Waals surface area contributed by atoms with Crippen molar-refractivity contribution < 1.29 is 4.79 Å². The molecule has 0 aromatic heterocycles. The van der Waals surface area contributed by atoms with Gasteiger partial charge in [-0.2, -0.15) is 0 Å². The van der Waals surface area contributed by atoms with E-state index < -0.39 is 0 Å². The fourth-order valence-corrected chi connectivity index (χ4v) is 11.3. The summed E-state index contributed by atoms with van der Waals surface area (Å²) < 4.78 is 0. The van der Waals surface area contributed by atoms with Gasteiger partial charge in [-0.1, -0.05) is 68.4 Å². The van der Waals surface area contributed by atoms with Crippen molar-refractivity contribution in [1.29, 1.82) is 0 Å². The summed E-state index contributed by atoms with van der Waals surface area (Å²) in [4.78, 5) is 13.4. The maximum atomic E-state index is 13.4. The molecule has 0 N–H and O–H groups in total. The van der Waals surface area contributed by atoms with Gasteiger partial charge in [0.2, 0.25) is 0 Å². The van der Waals surface area contributed by atoms with E-state index in [1.54, 1.807) is 5.57 Å². The van der Waals surface area contributed by atoms with Crippen LogP contribution >= 0.6 is 0 Å². The first-order valence-corrected chi connectivity index (χ1v) is 14.6. The van der Waals surface area contributed by atoms with Gasteiger partial charge in [-0.3, -0.25) is 4.79 Å². The van der Waals surface area contributed by atoms with E-state index in [-0.39, 0.29) is 10.8 Å². The summed E-state index contributed by atoms with van der Waals surface area (Å²) in [6, 6.07) is 0. The zero-order valence-electron chi connectivity index (χ0n) is 23.9. The molecular weight excluding hydrogens is 412 g/mol. The van der Waals surface area contributed by atoms with E-state index in [4.69, 9.17) is 0 Å². The molecule has 34 heavy (non-hydrogen) atoms. The third-order valence-electron chi connectivity index (χ3n) is 14.5. The summed E-state index contributed by atoms with van der Waals surface area (Å²) in [6.45, 7) is 27.3. The molecule has 0 bridgehead atoms. The van der Waals surface area contributed by atoms with Gasteiger partial charge < -0.3 is 0 Å². The van der Waals surface area contributed by atoms with Gasteiger partial charge in [0.1, 0.15) is 0 Å². The first kappa shape index (κ1) is 24.8. The fourth-order valence-electron chi connectivity index (χ4n) is 11.3. The number of hydrogen-bond acceptors (Lipinski definition) is 1. The molecule has 0 saturated heterocycles. The Balaban J connectivity index is 1.64. The number of rotatable bonds is 2. The van der Waals surface area contributed by atoms with Crippen LogP contribution in [0.2, 0.25) is 0 Å². The van der Waals surface area contributed by atoms with Crippen molar-refractivity contribution >= 4 is 5.78 Å². The van der Waals surface area contributed by atoms with Crippen molar-refractivity contribution in [2.75, 3.05) is 0 Å². The van der Waals surface area contributed by atoms with Crippen molar-refractivity contribution in [3.05, 3.63) is 23.8 Å². The van der Waals surface area contributed by atoms with E-state index in [0.29, 0.717) is 45.7 Å². The predicted molar refractivity (Wildman–Crippen MR) is 143 cm³/mol. The molecule has 0 heterocycles. The quantitative estimate of drug-likeness (QED) is 0.372. The lowest BCUT2D eigenvalue weighted by atomic mass is 9.29. The van der Waals surface area contributed by atoms with Crippen LogP contribution in [0.25, 0.3) is 0 Å². The number of Topliss-reactive ketones (excluding diaryl/α,β-unsaturated/α-hetero) is 1. The molecule has 0 radical (unpaired) electrons. The molecule has 5 aliphatic rings. The molecule has 0 unspecified atom stereocenters. The molecule has 0 aromatic rings. The lowest BCUT2D eigenvalue weighted by Gasteiger charge is -2.75. The molecule has 4 saturated carbocycles. The molecule has 190 valence electrons. The highest BCUT2D eigenvalue weighted by molar-refractivity contribution is 6.01. The number of hydrogen-bond donors (Lipinski definition) is 0. The van der Waals surface area contributed by atoms with Crippen LogP contribution in [0.1, 0.15) is 120 Å². The van der Waals surface area contributed by atoms with Crippen molar-refractivity contribution in [2.24, 2.45) is 56.2 Å². The smallest absolute Gasteiger partial charge is 0.160 e. The van der Waals surface area contributed by atoms with Crippen LogP contribution in [0.4, 0.5) is 0 Å². The van der Waals surface area contributed by atoms with Crippen molar-refractivity contribution in [1.82, 2.24) is 0 Å². The van der Waals surface area contributed by atoms with Crippen LogP contribution < -0.4 is 0 Å². The van der Waals surface area contributed by atoms with Crippen molar-refractivity contribution in [3.8, 4) is 0 Å². The minimum atomic E-state index is -0.0561. The van der Waals surface area contributed by atoms with Gasteiger partial charge in [-0.05, 0) is 113 Å². The highest BCUT2D eigenvalue weighted by atomic mass is 16.1. The first-order valence-electron chi connectivity index (χ1n) is 14.6. The van der Waals surface area contributed by atoms with Crippen LogP contribution in [0.15, 0.2) is 23.8 Å². The van der Waals surface area contributed by atoms with E-state index in [0.717, 1.165) is 18.3 Å². The molecule has 0 spiro atoms. The molecule has 8 atom stereocenters. The molecule has 4 fully saturated rings. The molecule has 0 amide bonds. The number of carbonyl (C=O) groups is 1. The molecule has 1 nitrogen and oxygen atoms in total. The first-order chi connectivity index (χ1) is 15.7. The lowest BCUT2D eigenvalue weighted by molar-refractivity contribution is -0.258. The zero-order chi connectivity index (χ0) is 25.1. The summed E-state index contributed by atoms with van der Waals surface area (Å²) in [5, 5.41) is 0. The Labute approximate surface area is 210 Å². The highest BCUT2D eigenvalue weighted by Gasteiger charge is 2.72. The van der Waals surface area contributed by atoms with Gasteiger partial charge in [0.05, 0.1) is 0 Å². The van der Waals surface area contributed by atoms with Crippen molar-refractivity contribution in [3.63, 3.8) is 0 Å². The fraction of sp³-hybridized carbons (Fsp3) is 0.848. The molecule has 5 rings (SSSR count). The number of ketones is 1. The Hall–Kier alpha value is -0.850. The Morgan fingerprint density at radius 2 is 1.50 bits per heavy atom. The molecule has 0 aromatic carbocycles. The zero-order valence-corrected chi connectivity index (χ0v) is 23.9. The van der Waals surface area contributed by atoms with E-state index in [9.17, 15) is 4.79 Å². The number of allylic oxidation sites excluding steroid dienone is 3. The van der Waals surface area contributed by atoms with Gasteiger partial charge in [0, 0.05) is 11.8 Å². The SMILES string of the molecule is C=C[C@@]12CC[C@]3(C)[C@H](CC[C@@H]4[C@@]5(C)CC[C@H](C)C(C)(C)[C@]5(C)CC[C@]43C)C1=C(C(C)C)C(=O)C2. The number of fused-ring (bicyclic) bond motifs is 7. The van der Waals surface area contributed by atoms with E-state index >= 15 is 0 Å². The third kappa shape index (κ3) is 2.56. The Morgan fingerprint density at radius 3 is 2.12 bits per heavy atom. The predicted octanol–water partition coefficient (Wildman–Crippen LogP) is 9.18. The maximum absolute atomic E-state index is 13.4. The number of carbonyl (C=O) groups excluding carboxylic acids is 1. The largest absolute Gasteiger partial charge is 0.294 e. The van der Waals surface area contributed by atoms with Crippen LogP contribution in [-0.4, -0.2) is 5.78 Å². The minimum absolute atomic E-state index is 0.0561. The molecule has 5 aliphatic carbocycles. The molecular formula is C33H52O. The summed E-state index contributed by atoms with van der Waals surface area (Å²) in [5.74, 6) is 2.88. The maximum Gasteiger partial charge on any atom is 0.160 e. The highest BCUT2D eigenvalue weighted by Crippen LogP contribution is 2.79. The summed E-state index contributed by atoms with van der Waals surface area (Å²) in [5.41, 5.74) is 4.49. The van der Waals surface area contributed by atoms with Gasteiger partial charge >= 0.3 is 0 Å². The normalized spacial score (nSPS) is 52.1. The van der Waals surface area contributed by atoms with E-state index in [1.807, 2.05) is 0 Å². The minimum Gasteiger partial charge on any atom is -0.294 e. The lowest BCUT2D eigenvalue weighted by Crippen LogP contribution is -2.68. The molecule has 1 heteroatoms. The average molecular weight is 465 g/mol. The molecule has 0 aliphatic heterocycles. The van der Waals surface area contributed by atoms with Gasteiger partial charge in [-0.25, -0.2) is 0 Å². The van der Waals surface area contributed by atoms with Crippen LogP contribution in [-0.2, 0) is 4.79 Å². The Kier molecular flexibility index (Phi) is 5.21. The monoisotopic (exact) mass is 464 g/mol. The van der Waals surface area contributed by atoms with Gasteiger partial charge in [0.25, 0.3) is 0 Å². The van der Waals surface area contributed by atoms with E-state index in [2.05, 4.69) is 75.0 Å². The second kappa shape index (κ2) is 7.13. The summed E-state index contributed by atoms with van der Waals surface area (Å²) >= 11 is 0. The van der Waals surface area contributed by atoms with Gasteiger partial charge in [-0.15, -0.1) is 6.58 Å². The Bertz CT molecular complexity index is 952. The summed E-state index contributed by atoms with van der Waals surface area (Å²) in [7, 11) is 0. The van der Waals surface area contributed by atoms with E-state index in [1.165, 1.54) is 50.5 Å². The van der Waals surface area contributed by atoms with Gasteiger partial charge in [0.15, 0.2) is 5.78 Å². The van der Waals surface area contributed by atoms with Crippen LogP contribution in [0.3, 0.4) is 0 Å². The topological polar surface area (TPSA) is 17.1 Å². The Morgan fingerprint density at radius 1 is 0.853 bits per heavy atom. The van der Waals surface area contributed by atoms with Crippen LogP contribution in [0, 0.1) is 56.2 Å². The average Bonchev–Trinajstić information content (AvgIpc) is 3.07. The standard InChI is InChI=1S/C33H52O/c1-11-33-19-17-29(7)23(27(33)26(21(2)3)24(34)20-33)12-13-25-30(29,8)16-18-32(10)28(5,6)22(4)14-15-31(25,32)9/h11,21-23,25H,1,12-20H2,2-10H3/t22-,23+,25-,29+,30+,31+,32-,33-/m0/s1. The third-order valence-corrected chi connectivity index (χ3v) is 14.5. The second-order valence-electron chi connectivity index (χ2n) is 15.4. The van der Waals surface area contributed by atoms with Crippen LogP contribution in [0.5, 0.6) is 0 Å². The second-order valence-corrected chi connectivity index (χ2v) is 15.4. The van der Waals surface area contributed by atoms with Crippen molar-refractivity contribution in [2.45, 2.75) is 120 Å². The summed E-state index contributed by atoms with van der Waals surface area (Å²) in [6.07, 6.45) is 13.3.